The Kier molecular flexibility index (Phi) is 6.57. The number of tetrazole rings is 1. The fourth-order valence-corrected chi connectivity index (χ4v) is 2.99. The topological polar surface area (TPSA) is 80.6 Å². The summed E-state index contributed by atoms with van der Waals surface area (Å²) in [7, 11) is 0. The van der Waals surface area contributed by atoms with Gasteiger partial charge in [-0.05, 0) is 90.3 Å². The quantitative estimate of drug-likeness (QED) is 0.547. The summed E-state index contributed by atoms with van der Waals surface area (Å²) in [6.45, 7) is 0. The van der Waals surface area contributed by atoms with Crippen molar-refractivity contribution in [1.82, 2.24) is 20.2 Å². The number of rotatable bonds is 2. The van der Waals surface area contributed by atoms with Gasteiger partial charge in [-0.25, -0.2) is 18.7 Å². The van der Waals surface area contributed by atoms with E-state index >= 15 is 0 Å². The van der Waals surface area contributed by atoms with Crippen LogP contribution in [0.1, 0.15) is 10.4 Å². The van der Waals surface area contributed by atoms with Gasteiger partial charge >= 0.3 is 5.69 Å². The maximum atomic E-state index is 12.7. The lowest BCUT2D eigenvalue weighted by Gasteiger charge is -2.00. The van der Waals surface area contributed by atoms with E-state index in [2.05, 4.69) is 47.4 Å². The van der Waals surface area contributed by atoms with Gasteiger partial charge in [0.25, 0.3) is 5.24 Å². The Bertz CT molecular complexity index is 977. The van der Waals surface area contributed by atoms with Crippen LogP contribution >= 0.6 is 43.5 Å². The molecule has 1 heterocycles. The SMILES string of the molecule is O=C(Cl)c1ccc(F)cc1Br.O=c1[nH]nnn1-c1ccc(F)cc1Br. The number of halogens is 5. The molecular weight excluding hydrogens is 489 g/mol. The van der Waals surface area contributed by atoms with E-state index in [1.54, 1.807) is 0 Å². The van der Waals surface area contributed by atoms with E-state index in [0.717, 1.165) is 4.68 Å². The lowest BCUT2D eigenvalue weighted by Crippen LogP contribution is -2.16. The number of nitrogens with one attached hydrogen (secondary N) is 1. The van der Waals surface area contributed by atoms with Gasteiger partial charge in [-0.15, -0.1) is 0 Å². The van der Waals surface area contributed by atoms with Crippen LogP contribution in [-0.4, -0.2) is 25.4 Å². The zero-order valence-corrected chi connectivity index (χ0v) is 15.9. The number of carbonyl (C=O) groups is 1. The molecule has 1 N–H and O–H groups in total. The van der Waals surface area contributed by atoms with Gasteiger partial charge in [0.2, 0.25) is 0 Å². The second-order valence-corrected chi connectivity index (χ2v) is 6.46. The third-order valence-corrected chi connectivity index (χ3v) is 4.25. The minimum Gasteiger partial charge on any atom is -0.276 e. The second-order valence-electron chi connectivity index (χ2n) is 4.41. The number of nitrogens with zero attached hydrogens (tertiary/aromatic N) is 3. The van der Waals surface area contributed by atoms with E-state index in [-0.39, 0.29) is 5.56 Å². The van der Waals surface area contributed by atoms with Gasteiger partial charge in [-0.2, -0.15) is 4.68 Å². The first kappa shape index (κ1) is 19.4. The van der Waals surface area contributed by atoms with Crippen LogP contribution in [0.15, 0.2) is 50.1 Å². The Labute approximate surface area is 161 Å². The summed E-state index contributed by atoms with van der Waals surface area (Å²) >= 11 is 11.3. The van der Waals surface area contributed by atoms with Crippen molar-refractivity contribution in [2.24, 2.45) is 0 Å². The van der Waals surface area contributed by atoms with E-state index in [0.29, 0.717) is 14.6 Å². The van der Waals surface area contributed by atoms with Crippen molar-refractivity contribution in [3.63, 3.8) is 0 Å². The van der Waals surface area contributed by atoms with Crippen molar-refractivity contribution in [3.05, 3.63) is 73.0 Å². The zero-order valence-electron chi connectivity index (χ0n) is 12.0. The average Bonchev–Trinajstić information content (AvgIpc) is 2.93. The Hall–Kier alpha value is -1.91. The molecular formula is C14H7Br2ClF2N4O2. The van der Waals surface area contributed by atoms with E-state index in [9.17, 15) is 18.4 Å². The predicted molar refractivity (Wildman–Crippen MR) is 93.9 cm³/mol. The highest BCUT2D eigenvalue weighted by atomic mass is 79.9. The first-order valence-electron chi connectivity index (χ1n) is 6.40. The highest BCUT2D eigenvalue weighted by molar-refractivity contribution is 9.10. The summed E-state index contributed by atoms with van der Waals surface area (Å²) in [6.07, 6.45) is 0. The number of H-pyrrole nitrogens is 1. The van der Waals surface area contributed by atoms with Crippen LogP contribution in [0.25, 0.3) is 5.69 Å². The van der Waals surface area contributed by atoms with Gasteiger partial charge in [0.05, 0.1) is 5.69 Å². The molecule has 1 aromatic heterocycles. The highest BCUT2D eigenvalue weighted by Crippen LogP contribution is 2.20. The van der Waals surface area contributed by atoms with Crippen molar-refractivity contribution in [2.45, 2.75) is 0 Å². The minimum absolute atomic E-state index is 0.271. The molecule has 3 aromatic rings. The molecule has 0 aliphatic heterocycles. The number of carbonyl (C=O) groups excluding carboxylic acids is 1. The summed E-state index contributed by atoms with van der Waals surface area (Å²) < 4.78 is 27.0. The van der Waals surface area contributed by atoms with Crippen LogP contribution in [0.3, 0.4) is 0 Å². The normalized spacial score (nSPS) is 10.1. The second kappa shape index (κ2) is 8.45. The first-order valence-corrected chi connectivity index (χ1v) is 8.36. The fraction of sp³-hybridized carbons (Fsp3) is 0. The molecule has 0 saturated heterocycles. The molecule has 0 saturated carbocycles. The summed E-state index contributed by atoms with van der Waals surface area (Å²) in [5.74, 6) is -0.796. The van der Waals surface area contributed by atoms with E-state index < -0.39 is 22.6 Å². The molecule has 2 aromatic carbocycles. The molecule has 0 spiro atoms. The third-order valence-electron chi connectivity index (χ3n) is 2.75. The lowest BCUT2D eigenvalue weighted by molar-refractivity contribution is 0.108. The largest absolute Gasteiger partial charge is 0.365 e. The van der Waals surface area contributed by atoms with E-state index in [4.69, 9.17) is 11.6 Å². The van der Waals surface area contributed by atoms with Gasteiger partial charge in [0.1, 0.15) is 11.6 Å². The molecule has 0 aliphatic rings. The molecule has 0 aliphatic carbocycles. The number of aromatic nitrogens is 4. The van der Waals surface area contributed by atoms with Crippen molar-refractivity contribution < 1.29 is 13.6 Å². The number of hydrogen-bond donors (Lipinski definition) is 1. The highest BCUT2D eigenvalue weighted by Gasteiger charge is 2.08. The molecule has 25 heavy (non-hydrogen) atoms. The molecule has 6 nitrogen and oxygen atoms in total. The van der Waals surface area contributed by atoms with Crippen LogP contribution in [0.4, 0.5) is 8.78 Å². The van der Waals surface area contributed by atoms with Crippen LogP contribution in [0.5, 0.6) is 0 Å². The predicted octanol–water partition coefficient (Wildman–Crippen LogP) is 3.82. The van der Waals surface area contributed by atoms with Crippen LogP contribution in [0, 0.1) is 11.6 Å². The maximum Gasteiger partial charge on any atom is 0.365 e. The first-order chi connectivity index (χ1) is 11.8. The smallest absolute Gasteiger partial charge is 0.276 e. The van der Waals surface area contributed by atoms with Crippen molar-refractivity contribution in [1.29, 1.82) is 0 Å². The summed E-state index contributed by atoms with van der Waals surface area (Å²) in [6, 6.07) is 7.62. The molecule has 0 radical (unpaired) electrons. The number of benzene rings is 2. The fourth-order valence-electron chi connectivity index (χ4n) is 1.66. The van der Waals surface area contributed by atoms with Gasteiger partial charge in [0.15, 0.2) is 0 Å². The molecule has 130 valence electrons. The van der Waals surface area contributed by atoms with Crippen molar-refractivity contribution in [2.75, 3.05) is 0 Å². The molecule has 0 amide bonds. The van der Waals surface area contributed by atoms with Crippen LogP contribution < -0.4 is 5.69 Å². The van der Waals surface area contributed by atoms with E-state index in [1.165, 1.54) is 36.4 Å². The van der Waals surface area contributed by atoms with Crippen LogP contribution in [0.2, 0.25) is 0 Å². The van der Waals surface area contributed by atoms with Gasteiger partial charge in [-0.3, -0.25) is 4.79 Å². The zero-order chi connectivity index (χ0) is 18.6. The monoisotopic (exact) mass is 494 g/mol. The standard InChI is InChI=1S/C7H3BrClFO.C7H4BrFN4O/c8-6-3-4(10)1-2-5(6)7(9)11;8-5-3-4(9)1-2-6(5)13-7(14)10-11-12-13/h1-3H;1-3H,(H,10,12,14). The van der Waals surface area contributed by atoms with E-state index in [1.807, 2.05) is 0 Å². The summed E-state index contributed by atoms with van der Waals surface area (Å²) in [4.78, 5) is 21.7. The summed E-state index contributed by atoms with van der Waals surface area (Å²) in [5.41, 5.74) is 0.232. The maximum absolute atomic E-state index is 12.7. The summed E-state index contributed by atoms with van der Waals surface area (Å²) in [5, 5.41) is 8.39. The van der Waals surface area contributed by atoms with Crippen molar-refractivity contribution in [3.8, 4) is 5.69 Å². The van der Waals surface area contributed by atoms with Gasteiger partial charge in [0, 0.05) is 14.5 Å². The van der Waals surface area contributed by atoms with Gasteiger partial charge < -0.3 is 0 Å². The van der Waals surface area contributed by atoms with Gasteiger partial charge in [-0.1, -0.05) is 0 Å². The Morgan fingerprint density at radius 2 is 1.68 bits per heavy atom. The minimum atomic E-state index is -0.600. The molecule has 0 atom stereocenters. The molecule has 0 fully saturated rings. The molecule has 0 unspecified atom stereocenters. The Morgan fingerprint density at radius 1 is 1.08 bits per heavy atom. The Morgan fingerprint density at radius 3 is 2.16 bits per heavy atom. The molecule has 11 heteroatoms. The lowest BCUT2D eigenvalue weighted by atomic mass is 10.2. The molecule has 0 bridgehead atoms. The van der Waals surface area contributed by atoms with Crippen molar-refractivity contribution >= 4 is 48.7 Å². The third kappa shape index (κ3) is 5.03. The molecule has 3 rings (SSSR count). The number of aromatic amines is 1. The number of hydrogen-bond acceptors (Lipinski definition) is 4. The Balaban J connectivity index is 0.000000186. The van der Waals surface area contributed by atoms with Crippen LogP contribution in [-0.2, 0) is 0 Å². The average molecular weight is 496 g/mol.